The van der Waals surface area contributed by atoms with Crippen LogP contribution in [0.4, 0.5) is 13.2 Å². The number of ether oxygens (including phenoxy) is 1. The summed E-state index contributed by atoms with van der Waals surface area (Å²) in [5, 5.41) is 0. The van der Waals surface area contributed by atoms with E-state index in [2.05, 4.69) is 9.72 Å². The average molecular weight is 255 g/mol. The number of aryl methyl sites for hydroxylation is 2. The van der Waals surface area contributed by atoms with Crippen LogP contribution in [0.5, 0.6) is 5.75 Å². The van der Waals surface area contributed by atoms with Gasteiger partial charge in [-0.15, -0.1) is 13.2 Å². The van der Waals surface area contributed by atoms with Crippen molar-refractivity contribution in [1.82, 2.24) is 4.98 Å². The summed E-state index contributed by atoms with van der Waals surface area (Å²) in [4.78, 5) is 3.17. The highest BCUT2D eigenvalue weighted by molar-refractivity contribution is 5.64. The van der Waals surface area contributed by atoms with Crippen LogP contribution in [0.1, 0.15) is 11.3 Å². The molecule has 0 fully saturated rings. The molecule has 0 radical (unpaired) electrons. The molecule has 2 nitrogen and oxygen atoms in total. The van der Waals surface area contributed by atoms with Gasteiger partial charge in [0, 0.05) is 11.4 Å². The molecule has 18 heavy (non-hydrogen) atoms. The molecule has 1 heterocycles. The number of alkyl halides is 3. The highest BCUT2D eigenvalue weighted by atomic mass is 19.4. The fourth-order valence-corrected chi connectivity index (χ4v) is 1.85. The molecule has 0 saturated carbocycles. The third-order valence-corrected chi connectivity index (χ3v) is 2.53. The van der Waals surface area contributed by atoms with Crippen LogP contribution < -0.4 is 4.74 Å². The van der Waals surface area contributed by atoms with Gasteiger partial charge in [0.2, 0.25) is 0 Å². The fraction of sp³-hybridized carbons (Fsp3) is 0.231. The summed E-state index contributed by atoms with van der Waals surface area (Å²) >= 11 is 0. The molecule has 1 aromatic heterocycles. The number of hydrogen-bond donors (Lipinski definition) is 1. The van der Waals surface area contributed by atoms with Crippen LogP contribution in [0.2, 0.25) is 0 Å². The second kappa shape index (κ2) is 4.40. The maximum absolute atomic E-state index is 12.0. The van der Waals surface area contributed by atoms with E-state index in [4.69, 9.17) is 0 Å². The van der Waals surface area contributed by atoms with Crippen molar-refractivity contribution in [2.24, 2.45) is 0 Å². The van der Waals surface area contributed by atoms with Crippen LogP contribution in [-0.4, -0.2) is 11.3 Å². The molecule has 0 saturated heterocycles. The highest BCUT2D eigenvalue weighted by Crippen LogP contribution is 2.27. The van der Waals surface area contributed by atoms with Crippen LogP contribution in [0.15, 0.2) is 30.3 Å². The Morgan fingerprint density at radius 3 is 2.11 bits per heavy atom. The first-order valence-corrected chi connectivity index (χ1v) is 5.37. The zero-order chi connectivity index (χ0) is 13.3. The fourth-order valence-electron chi connectivity index (χ4n) is 1.85. The van der Waals surface area contributed by atoms with E-state index in [1.54, 1.807) is 12.1 Å². The van der Waals surface area contributed by atoms with Gasteiger partial charge in [-0.25, -0.2) is 0 Å². The summed E-state index contributed by atoms with van der Waals surface area (Å²) in [6.07, 6.45) is -4.65. The van der Waals surface area contributed by atoms with Gasteiger partial charge in [-0.05, 0) is 55.3 Å². The van der Waals surface area contributed by atoms with Crippen LogP contribution in [0.3, 0.4) is 0 Å². The lowest BCUT2D eigenvalue weighted by atomic mass is 10.1. The first-order valence-electron chi connectivity index (χ1n) is 5.37. The lowest BCUT2D eigenvalue weighted by molar-refractivity contribution is -0.274. The van der Waals surface area contributed by atoms with Crippen molar-refractivity contribution >= 4 is 0 Å². The van der Waals surface area contributed by atoms with Gasteiger partial charge in [0.15, 0.2) is 0 Å². The molecule has 0 spiro atoms. The van der Waals surface area contributed by atoms with Crippen LogP contribution in [0, 0.1) is 13.8 Å². The van der Waals surface area contributed by atoms with Gasteiger partial charge in [-0.3, -0.25) is 0 Å². The van der Waals surface area contributed by atoms with Gasteiger partial charge in [0.05, 0.1) is 0 Å². The van der Waals surface area contributed by atoms with Crippen molar-refractivity contribution in [3.63, 3.8) is 0 Å². The van der Waals surface area contributed by atoms with E-state index >= 15 is 0 Å². The number of aromatic nitrogens is 1. The molecule has 2 rings (SSSR count). The second-order valence-electron chi connectivity index (χ2n) is 4.08. The number of benzene rings is 1. The molecule has 2 aromatic rings. The SMILES string of the molecule is Cc1cc(C)c(-c2ccc(OC(F)(F)F)cc2)[nH]1. The molecule has 0 unspecified atom stereocenters. The van der Waals surface area contributed by atoms with Gasteiger partial charge in [-0.2, -0.15) is 0 Å². The molecule has 0 aliphatic rings. The van der Waals surface area contributed by atoms with Gasteiger partial charge in [0.1, 0.15) is 5.75 Å². The molecule has 96 valence electrons. The Balaban J connectivity index is 2.25. The zero-order valence-electron chi connectivity index (χ0n) is 9.93. The molecule has 0 aliphatic heterocycles. The van der Waals surface area contributed by atoms with E-state index in [1.165, 1.54) is 12.1 Å². The summed E-state index contributed by atoms with van der Waals surface area (Å²) in [7, 11) is 0. The van der Waals surface area contributed by atoms with Crippen molar-refractivity contribution in [2.75, 3.05) is 0 Å². The van der Waals surface area contributed by atoms with Crippen molar-refractivity contribution < 1.29 is 17.9 Å². The lowest BCUT2D eigenvalue weighted by Crippen LogP contribution is -2.16. The van der Waals surface area contributed by atoms with Crippen molar-refractivity contribution in [2.45, 2.75) is 20.2 Å². The predicted octanol–water partition coefficient (Wildman–Crippen LogP) is 4.20. The summed E-state index contributed by atoms with van der Waals surface area (Å²) in [5.74, 6) is -0.216. The normalized spacial score (nSPS) is 11.6. The number of nitrogens with one attached hydrogen (secondary N) is 1. The van der Waals surface area contributed by atoms with Crippen molar-refractivity contribution in [1.29, 1.82) is 0 Å². The predicted molar refractivity (Wildman–Crippen MR) is 62.4 cm³/mol. The van der Waals surface area contributed by atoms with E-state index in [9.17, 15) is 13.2 Å². The maximum Gasteiger partial charge on any atom is 0.573 e. The van der Waals surface area contributed by atoms with Gasteiger partial charge >= 0.3 is 6.36 Å². The van der Waals surface area contributed by atoms with E-state index in [0.717, 1.165) is 22.5 Å². The minimum Gasteiger partial charge on any atom is -0.406 e. The average Bonchev–Trinajstić information content (AvgIpc) is 2.57. The molecular weight excluding hydrogens is 243 g/mol. The first-order chi connectivity index (χ1) is 8.35. The van der Waals surface area contributed by atoms with Crippen LogP contribution >= 0.6 is 0 Å². The van der Waals surface area contributed by atoms with E-state index in [0.29, 0.717) is 0 Å². The number of rotatable bonds is 2. The molecule has 0 atom stereocenters. The Kier molecular flexibility index (Phi) is 3.07. The Morgan fingerprint density at radius 1 is 1.06 bits per heavy atom. The molecule has 1 N–H and O–H groups in total. The van der Waals surface area contributed by atoms with Crippen LogP contribution in [0.25, 0.3) is 11.3 Å². The summed E-state index contributed by atoms with van der Waals surface area (Å²) in [6.45, 7) is 3.87. The highest BCUT2D eigenvalue weighted by Gasteiger charge is 2.30. The minimum atomic E-state index is -4.65. The number of H-pyrrole nitrogens is 1. The van der Waals surface area contributed by atoms with Gasteiger partial charge in [-0.1, -0.05) is 0 Å². The molecule has 0 amide bonds. The topological polar surface area (TPSA) is 25.0 Å². The van der Waals surface area contributed by atoms with E-state index in [1.807, 2.05) is 19.9 Å². The largest absolute Gasteiger partial charge is 0.573 e. The molecule has 0 bridgehead atoms. The number of hydrogen-bond acceptors (Lipinski definition) is 1. The third kappa shape index (κ3) is 2.85. The first kappa shape index (κ1) is 12.5. The summed E-state index contributed by atoms with van der Waals surface area (Å²) in [5.41, 5.74) is 3.80. The smallest absolute Gasteiger partial charge is 0.406 e. The monoisotopic (exact) mass is 255 g/mol. The molecular formula is C13H12F3NO. The second-order valence-corrected chi connectivity index (χ2v) is 4.08. The standard InChI is InChI=1S/C13H12F3NO/c1-8-7-9(2)17-12(8)10-3-5-11(6-4-10)18-13(14,15)16/h3-7,17H,1-2H3. The van der Waals surface area contributed by atoms with Gasteiger partial charge < -0.3 is 9.72 Å². The van der Waals surface area contributed by atoms with Crippen molar-refractivity contribution in [3.05, 3.63) is 41.6 Å². The maximum atomic E-state index is 12.0. The Labute approximate surface area is 102 Å². The molecule has 1 aromatic carbocycles. The molecule has 5 heteroatoms. The van der Waals surface area contributed by atoms with Crippen molar-refractivity contribution in [3.8, 4) is 17.0 Å². The molecule has 0 aliphatic carbocycles. The number of halogens is 3. The van der Waals surface area contributed by atoms with E-state index in [-0.39, 0.29) is 5.75 Å². The Morgan fingerprint density at radius 2 is 1.67 bits per heavy atom. The van der Waals surface area contributed by atoms with Gasteiger partial charge in [0.25, 0.3) is 0 Å². The summed E-state index contributed by atoms with van der Waals surface area (Å²) in [6, 6.07) is 7.78. The third-order valence-electron chi connectivity index (χ3n) is 2.53. The Bertz CT molecular complexity index is 540. The zero-order valence-corrected chi connectivity index (χ0v) is 9.93. The van der Waals surface area contributed by atoms with E-state index < -0.39 is 6.36 Å². The summed E-state index contributed by atoms with van der Waals surface area (Å²) < 4.78 is 39.8. The lowest BCUT2D eigenvalue weighted by Gasteiger charge is -2.09. The number of aromatic amines is 1. The quantitative estimate of drug-likeness (QED) is 0.854. The van der Waals surface area contributed by atoms with Crippen LogP contribution in [-0.2, 0) is 0 Å². The Hall–Kier alpha value is -1.91. The minimum absolute atomic E-state index is 0.216.